The molecule has 1 aliphatic heterocycles. The molecule has 0 atom stereocenters. The fourth-order valence-electron chi connectivity index (χ4n) is 4.07. The molecule has 1 fully saturated rings. The molecule has 3 N–H and O–H groups in total. The largest absolute Gasteiger partial charge is 0.421 e. The van der Waals surface area contributed by atoms with Crippen LogP contribution in [0.2, 0.25) is 0 Å². The van der Waals surface area contributed by atoms with Crippen molar-refractivity contribution < 1.29 is 21.9 Å². The van der Waals surface area contributed by atoms with Gasteiger partial charge in [-0.3, -0.25) is 5.10 Å². The SMILES string of the molecule is Cc1cc(Nc2cc(C3CCS(=O)(=O)CC3)nc(Oc3cc(F)c4[nH]c(C)cc4c3F)n2)n[nH]1. The van der Waals surface area contributed by atoms with Gasteiger partial charge in [0.05, 0.1) is 22.7 Å². The number of hydrogen-bond donors (Lipinski definition) is 3. The minimum Gasteiger partial charge on any atom is -0.421 e. The van der Waals surface area contributed by atoms with Gasteiger partial charge in [0.1, 0.15) is 15.7 Å². The summed E-state index contributed by atoms with van der Waals surface area (Å²) in [6.07, 6.45) is 0.800. The Labute approximate surface area is 193 Å². The number of aryl methyl sites for hydroxylation is 2. The number of rotatable bonds is 5. The molecule has 0 spiro atoms. The summed E-state index contributed by atoms with van der Waals surface area (Å²) in [5, 5.41) is 10.0. The molecule has 178 valence electrons. The first-order chi connectivity index (χ1) is 16.2. The van der Waals surface area contributed by atoms with Gasteiger partial charge in [0.2, 0.25) is 0 Å². The number of benzene rings is 1. The van der Waals surface area contributed by atoms with Crippen molar-refractivity contribution in [3.63, 3.8) is 0 Å². The first-order valence-corrected chi connectivity index (χ1v) is 12.5. The number of aromatic amines is 2. The number of fused-ring (bicyclic) bond motifs is 1. The molecule has 5 rings (SSSR count). The van der Waals surface area contributed by atoms with Gasteiger partial charge in [-0.2, -0.15) is 15.1 Å². The van der Waals surface area contributed by atoms with Gasteiger partial charge in [0, 0.05) is 40.9 Å². The topological polar surface area (TPSA) is 126 Å². The van der Waals surface area contributed by atoms with E-state index in [0.29, 0.717) is 35.9 Å². The maximum Gasteiger partial charge on any atom is 0.324 e. The average Bonchev–Trinajstić information content (AvgIpc) is 3.37. The van der Waals surface area contributed by atoms with Crippen LogP contribution < -0.4 is 10.1 Å². The number of H-pyrrole nitrogens is 2. The summed E-state index contributed by atoms with van der Waals surface area (Å²) >= 11 is 0. The number of aromatic nitrogens is 5. The summed E-state index contributed by atoms with van der Waals surface area (Å²) in [6.45, 7) is 3.54. The first-order valence-electron chi connectivity index (χ1n) is 10.7. The molecular weight excluding hydrogens is 466 g/mol. The van der Waals surface area contributed by atoms with Gasteiger partial charge in [0.15, 0.2) is 23.2 Å². The van der Waals surface area contributed by atoms with Crippen molar-refractivity contribution in [2.75, 3.05) is 16.8 Å². The summed E-state index contributed by atoms with van der Waals surface area (Å²) in [4.78, 5) is 11.5. The van der Waals surface area contributed by atoms with E-state index in [2.05, 4.69) is 30.5 Å². The van der Waals surface area contributed by atoms with Crippen LogP contribution in [0, 0.1) is 25.5 Å². The van der Waals surface area contributed by atoms with Gasteiger partial charge in [-0.05, 0) is 32.8 Å². The maximum absolute atomic E-state index is 15.1. The number of ether oxygens (including phenoxy) is 1. The highest BCUT2D eigenvalue weighted by Gasteiger charge is 2.27. The van der Waals surface area contributed by atoms with E-state index in [-0.39, 0.29) is 40.1 Å². The van der Waals surface area contributed by atoms with Crippen molar-refractivity contribution in [1.29, 1.82) is 0 Å². The van der Waals surface area contributed by atoms with Gasteiger partial charge in [-0.25, -0.2) is 17.2 Å². The van der Waals surface area contributed by atoms with E-state index in [1.54, 1.807) is 19.1 Å². The second-order valence-corrected chi connectivity index (χ2v) is 10.8. The van der Waals surface area contributed by atoms with Crippen LogP contribution >= 0.6 is 0 Å². The number of nitrogens with one attached hydrogen (secondary N) is 3. The Bertz CT molecular complexity index is 1480. The quantitative estimate of drug-likeness (QED) is 0.380. The Hall–Kier alpha value is -3.54. The van der Waals surface area contributed by atoms with Gasteiger partial charge in [0.25, 0.3) is 0 Å². The highest BCUT2D eigenvalue weighted by molar-refractivity contribution is 7.91. The van der Waals surface area contributed by atoms with Crippen LogP contribution in [0.5, 0.6) is 11.8 Å². The lowest BCUT2D eigenvalue weighted by Gasteiger charge is -2.22. The highest BCUT2D eigenvalue weighted by Crippen LogP contribution is 2.34. The summed E-state index contributed by atoms with van der Waals surface area (Å²) in [5.41, 5.74) is 2.04. The Morgan fingerprint density at radius 2 is 1.79 bits per heavy atom. The Balaban J connectivity index is 1.52. The zero-order chi connectivity index (χ0) is 24.0. The Morgan fingerprint density at radius 3 is 2.50 bits per heavy atom. The smallest absolute Gasteiger partial charge is 0.324 e. The van der Waals surface area contributed by atoms with Crippen molar-refractivity contribution >= 4 is 32.4 Å². The minimum absolute atomic E-state index is 0.0525. The van der Waals surface area contributed by atoms with Crippen LogP contribution in [0.1, 0.15) is 35.8 Å². The molecule has 0 amide bonds. The minimum atomic E-state index is -3.07. The fraction of sp³-hybridized carbons (Fsp3) is 0.318. The van der Waals surface area contributed by atoms with Crippen molar-refractivity contribution in [2.24, 2.45) is 0 Å². The fourth-order valence-corrected chi connectivity index (χ4v) is 5.56. The average molecular weight is 489 g/mol. The van der Waals surface area contributed by atoms with Crippen molar-refractivity contribution in [3.8, 4) is 11.8 Å². The molecule has 1 saturated heterocycles. The maximum atomic E-state index is 15.1. The zero-order valence-corrected chi connectivity index (χ0v) is 19.3. The van der Waals surface area contributed by atoms with Crippen LogP contribution in [0.4, 0.5) is 20.4 Å². The number of halogens is 2. The zero-order valence-electron chi connectivity index (χ0n) is 18.4. The third kappa shape index (κ3) is 4.45. The molecule has 12 heteroatoms. The molecule has 1 aromatic carbocycles. The van der Waals surface area contributed by atoms with Crippen LogP contribution in [0.15, 0.2) is 24.3 Å². The van der Waals surface area contributed by atoms with Crippen molar-refractivity contribution in [2.45, 2.75) is 32.6 Å². The van der Waals surface area contributed by atoms with Crippen LogP contribution in [0.3, 0.4) is 0 Å². The lowest BCUT2D eigenvalue weighted by molar-refractivity contribution is 0.406. The van der Waals surface area contributed by atoms with Gasteiger partial charge >= 0.3 is 6.01 Å². The molecule has 3 aromatic heterocycles. The normalized spacial score (nSPS) is 16.1. The van der Waals surface area contributed by atoms with E-state index in [0.717, 1.165) is 11.8 Å². The lowest BCUT2D eigenvalue weighted by atomic mass is 9.98. The molecule has 34 heavy (non-hydrogen) atoms. The molecule has 4 heterocycles. The lowest BCUT2D eigenvalue weighted by Crippen LogP contribution is -2.23. The third-order valence-corrected chi connectivity index (χ3v) is 7.48. The second kappa shape index (κ2) is 8.35. The summed E-state index contributed by atoms with van der Waals surface area (Å²) < 4.78 is 59.0. The number of anilines is 2. The molecule has 0 saturated carbocycles. The predicted molar refractivity (Wildman–Crippen MR) is 122 cm³/mol. The van der Waals surface area contributed by atoms with Crippen molar-refractivity contribution in [1.82, 2.24) is 25.1 Å². The first kappa shape index (κ1) is 22.3. The standard InChI is InChI=1S/C22H22F2N6O3S/c1-11-7-14-20(24)17(9-15(23)21(14)25-11)33-22-26-16(13-3-5-34(31,32)6-4-13)10-18(28-22)27-19-8-12(2)29-30-19/h7-10,13,25H,3-6H2,1-2H3,(H2,26,27,28,29,30). The van der Waals surface area contributed by atoms with Crippen LogP contribution in [-0.2, 0) is 9.84 Å². The summed E-state index contributed by atoms with van der Waals surface area (Å²) in [7, 11) is -3.07. The van der Waals surface area contributed by atoms with Crippen molar-refractivity contribution in [3.05, 3.63) is 53.0 Å². The molecule has 0 bridgehead atoms. The summed E-state index contributed by atoms with van der Waals surface area (Å²) in [5.74, 6) is -0.958. The number of sulfone groups is 1. The van der Waals surface area contributed by atoms with Crippen LogP contribution in [0.25, 0.3) is 10.9 Å². The van der Waals surface area contributed by atoms with Gasteiger partial charge in [-0.15, -0.1) is 0 Å². The second-order valence-electron chi connectivity index (χ2n) is 8.46. The third-order valence-electron chi connectivity index (χ3n) is 5.76. The van der Waals surface area contributed by atoms with E-state index in [1.807, 2.05) is 6.92 Å². The van der Waals surface area contributed by atoms with E-state index in [4.69, 9.17) is 4.74 Å². The van der Waals surface area contributed by atoms with E-state index in [1.165, 1.54) is 6.07 Å². The van der Waals surface area contributed by atoms with Gasteiger partial charge in [-0.1, -0.05) is 0 Å². The molecule has 0 aliphatic carbocycles. The molecular formula is C22H22F2N6O3S. The Morgan fingerprint density at radius 1 is 1.03 bits per heavy atom. The van der Waals surface area contributed by atoms with E-state index >= 15 is 4.39 Å². The Kier molecular flexibility index (Phi) is 5.47. The number of nitrogens with zero attached hydrogens (tertiary/aromatic N) is 3. The molecule has 9 nitrogen and oxygen atoms in total. The molecule has 4 aromatic rings. The molecule has 0 radical (unpaired) electrons. The highest BCUT2D eigenvalue weighted by atomic mass is 32.2. The van der Waals surface area contributed by atoms with E-state index < -0.39 is 21.5 Å². The van der Waals surface area contributed by atoms with E-state index in [9.17, 15) is 12.8 Å². The molecule has 0 unspecified atom stereocenters. The van der Waals surface area contributed by atoms with Gasteiger partial charge < -0.3 is 15.0 Å². The number of hydrogen-bond acceptors (Lipinski definition) is 7. The molecule has 1 aliphatic rings. The monoisotopic (exact) mass is 488 g/mol. The van der Waals surface area contributed by atoms with Crippen LogP contribution in [-0.4, -0.2) is 45.1 Å². The summed E-state index contributed by atoms with van der Waals surface area (Å²) in [6, 6.07) is 5.71. The predicted octanol–water partition coefficient (Wildman–Crippen LogP) is 4.40.